The van der Waals surface area contributed by atoms with Crippen LogP contribution in [0.2, 0.25) is 0 Å². The molecule has 5 N–H and O–H groups in total. The van der Waals surface area contributed by atoms with Crippen LogP contribution >= 0.6 is 0 Å². The highest BCUT2D eigenvalue weighted by Gasteiger charge is 2.17. The lowest BCUT2D eigenvalue weighted by molar-refractivity contribution is 0.153. The standard InChI is InChI=1S/C20H31N9O/c1-4-12-29-26-20(25-27-29)23-13-17(28(3)22)19(21)16-10-11-18(14(2)24-16)30-15-8-6-5-7-9-15/h4,10-11,15H,1,5-9,12-13,21-22H2,2-3H3,(H,23,26)/b19-17-. The van der Waals surface area contributed by atoms with Gasteiger partial charge in [-0.15, -0.1) is 11.7 Å². The number of rotatable bonds is 9. The van der Waals surface area contributed by atoms with E-state index in [1.54, 1.807) is 13.1 Å². The molecule has 0 aliphatic heterocycles. The molecule has 1 aliphatic rings. The Morgan fingerprint density at radius 1 is 1.37 bits per heavy atom. The fraction of sp³-hybridized carbons (Fsp3) is 0.500. The molecule has 0 unspecified atom stereocenters. The quantitative estimate of drug-likeness (QED) is 0.320. The van der Waals surface area contributed by atoms with Gasteiger partial charge in [-0.25, -0.2) is 10.8 Å². The zero-order chi connectivity index (χ0) is 21.5. The SMILES string of the molecule is C=CCn1nnc(NC/C(=C(/N)c2ccc(OC3CCCCC3)c(C)n2)N(C)N)n1. The van der Waals surface area contributed by atoms with Crippen molar-refractivity contribution < 1.29 is 4.74 Å². The molecule has 0 radical (unpaired) electrons. The van der Waals surface area contributed by atoms with Crippen LogP contribution in [-0.4, -0.2) is 49.9 Å². The second kappa shape index (κ2) is 10.1. The Hall–Kier alpha value is -3.14. The van der Waals surface area contributed by atoms with Gasteiger partial charge < -0.3 is 20.8 Å². The van der Waals surface area contributed by atoms with Gasteiger partial charge in [-0.1, -0.05) is 17.6 Å². The summed E-state index contributed by atoms with van der Waals surface area (Å²) < 4.78 is 6.16. The van der Waals surface area contributed by atoms with Crippen molar-refractivity contribution in [3.63, 3.8) is 0 Å². The molecule has 162 valence electrons. The molecule has 1 aliphatic carbocycles. The normalized spacial score (nSPS) is 15.4. The van der Waals surface area contributed by atoms with Gasteiger partial charge in [-0.3, -0.25) is 0 Å². The molecule has 0 bridgehead atoms. The molecule has 0 atom stereocenters. The fourth-order valence-corrected chi connectivity index (χ4v) is 3.41. The van der Waals surface area contributed by atoms with E-state index in [4.69, 9.17) is 16.3 Å². The number of likely N-dealkylation sites (N-methyl/N-ethyl adjacent to an activating group) is 1. The van der Waals surface area contributed by atoms with Crippen molar-refractivity contribution in [3.05, 3.63) is 41.9 Å². The number of ether oxygens (including phenoxy) is 1. The summed E-state index contributed by atoms with van der Waals surface area (Å²) in [5, 5.41) is 16.6. The highest BCUT2D eigenvalue weighted by Crippen LogP contribution is 2.26. The Bertz CT molecular complexity index is 884. The summed E-state index contributed by atoms with van der Waals surface area (Å²) >= 11 is 0. The van der Waals surface area contributed by atoms with Crippen LogP contribution in [0.5, 0.6) is 5.75 Å². The molecular weight excluding hydrogens is 382 g/mol. The first kappa shape index (κ1) is 21.6. The van der Waals surface area contributed by atoms with Gasteiger partial charge in [0.2, 0.25) is 0 Å². The molecule has 2 heterocycles. The van der Waals surface area contributed by atoms with Gasteiger partial charge in [0, 0.05) is 7.05 Å². The summed E-state index contributed by atoms with van der Waals surface area (Å²) in [5.74, 6) is 7.20. The number of nitrogens with two attached hydrogens (primary N) is 2. The molecule has 1 saturated carbocycles. The van der Waals surface area contributed by atoms with E-state index in [2.05, 4.69) is 32.3 Å². The Balaban J connectivity index is 1.72. The van der Waals surface area contributed by atoms with Crippen molar-refractivity contribution in [2.24, 2.45) is 11.6 Å². The number of hydrogen-bond donors (Lipinski definition) is 3. The zero-order valence-electron chi connectivity index (χ0n) is 17.7. The van der Waals surface area contributed by atoms with Gasteiger partial charge in [0.25, 0.3) is 5.95 Å². The predicted octanol–water partition coefficient (Wildman–Crippen LogP) is 1.82. The van der Waals surface area contributed by atoms with Gasteiger partial charge in [0.15, 0.2) is 0 Å². The predicted molar refractivity (Wildman–Crippen MR) is 116 cm³/mol. The Morgan fingerprint density at radius 3 is 2.80 bits per heavy atom. The number of nitrogens with zero attached hydrogens (tertiary/aromatic N) is 6. The number of tetrazole rings is 1. The van der Waals surface area contributed by atoms with Crippen LogP contribution in [0, 0.1) is 6.92 Å². The third-order valence-corrected chi connectivity index (χ3v) is 5.05. The van der Waals surface area contributed by atoms with Crippen LogP contribution in [0.4, 0.5) is 5.95 Å². The van der Waals surface area contributed by atoms with Crippen molar-refractivity contribution in [1.82, 2.24) is 30.2 Å². The molecule has 3 rings (SSSR count). The molecule has 0 saturated heterocycles. The van der Waals surface area contributed by atoms with Crippen LogP contribution in [0.15, 0.2) is 30.5 Å². The number of aromatic nitrogens is 5. The molecule has 10 nitrogen and oxygen atoms in total. The molecule has 30 heavy (non-hydrogen) atoms. The number of allylic oxidation sites excluding steroid dienone is 1. The van der Waals surface area contributed by atoms with E-state index < -0.39 is 0 Å². The van der Waals surface area contributed by atoms with Crippen LogP contribution in [-0.2, 0) is 6.54 Å². The van der Waals surface area contributed by atoms with Gasteiger partial charge in [-0.05, 0) is 50.0 Å². The lowest BCUT2D eigenvalue weighted by atomic mass is 9.98. The lowest BCUT2D eigenvalue weighted by Crippen LogP contribution is -2.32. The number of hydrogen-bond acceptors (Lipinski definition) is 9. The van der Waals surface area contributed by atoms with Crippen LogP contribution in [0.25, 0.3) is 5.70 Å². The molecule has 0 aromatic carbocycles. The number of nitrogens with one attached hydrogen (secondary N) is 1. The first-order valence-corrected chi connectivity index (χ1v) is 10.2. The Morgan fingerprint density at radius 2 is 2.13 bits per heavy atom. The maximum Gasteiger partial charge on any atom is 0.263 e. The van der Waals surface area contributed by atoms with Crippen LogP contribution in [0.1, 0.15) is 43.5 Å². The fourth-order valence-electron chi connectivity index (χ4n) is 3.41. The molecule has 1 fully saturated rings. The largest absolute Gasteiger partial charge is 0.489 e. The van der Waals surface area contributed by atoms with Gasteiger partial charge in [0.05, 0.1) is 42.0 Å². The van der Waals surface area contributed by atoms with E-state index in [1.807, 2.05) is 19.1 Å². The summed E-state index contributed by atoms with van der Waals surface area (Å²) in [6, 6.07) is 3.80. The minimum atomic E-state index is 0.273. The van der Waals surface area contributed by atoms with Crippen molar-refractivity contribution in [1.29, 1.82) is 0 Å². The van der Waals surface area contributed by atoms with Crippen molar-refractivity contribution in [3.8, 4) is 5.75 Å². The number of anilines is 1. The highest BCUT2D eigenvalue weighted by atomic mass is 16.5. The summed E-state index contributed by atoms with van der Waals surface area (Å²) in [5.41, 5.74) is 8.97. The average Bonchev–Trinajstić information content (AvgIpc) is 3.18. The summed E-state index contributed by atoms with van der Waals surface area (Å²) in [4.78, 5) is 6.08. The summed E-state index contributed by atoms with van der Waals surface area (Å²) in [6.45, 7) is 6.38. The van der Waals surface area contributed by atoms with E-state index in [0.717, 1.165) is 24.3 Å². The smallest absolute Gasteiger partial charge is 0.263 e. The van der Waals surface area contributed by atoms with Gasteiger partial charge in [-0.2, -0.15) is 4.80 Å². The van der Waals surface area contributed by atoms with Crippen LogP contribution < -0.4 is 21.6 Å². The Kier molecular flexibility index (Phi) is 7.23. The number of hydrazine groups is 1. The van der Waals surface area contributed by atoms with E-state index in [9.17, 15) is 0 Å². The first-order chi connectivity index (χ1) is 14.5. The van der Waals surface area contributed by atoms with E-state index in [0.29, 0.717) is 36.1 Å². The third kappa shape index (κ3) is 5.47. The van der Waals surface area contributed by atoms with E-state index in [-0.39, 0.29) is 6.10 Å². The zero-order valence-corrected chi connectivity index (χ0v) is 17.7. The number of aryl methyl sites for hydroxylation is 1. The molecule has 10 heteroatoms. The average molecular weight is 414 g/mol. The summed E-state index contributed by atoms with van der Waals surface area (Å²) in [6.07, 6.45) is 7.90. The lowest BCUT2D eigenvalue weighted by Gasteiger charge is -2.24. The summed E-state index contributed by atoms with van der Waals surface area (Å²) in [7, 11) is 1.72. The van der Waals surface area contributed by atoms with Gasteiger partial charge in [0.1, 0.15) is 5.75 Å². The third-order valence-electron chi connectivity index (χ3n) is 5.05. The maximum absolute atomic E-state index is 6.40. The van der Waals surface area contributed by atoms with Crippen LogP contribution in [0.3, 0.4) is 0 Å². The first-order valence-electron chi connectivity index (χ1n) is 10.2. The monoisotopic (exact) mass is 413 g/mol. The van der Waals surface area contributed by atoms with Crippen molar-refractivity contribution >= 4 is 11.6 Å². The minimum absolute atomic E-state index is 0.273. The Labute approximate surface area is 176 Å². The molecule has 0 amide bonds. The minimum Gasteiger partial charge on any atom is -0.489 e. The topological polar surface area (TPSA) is 133 Å². The molecule has 2 aromatic heterocycles. The molecule has 0 spiro atoms. The molecule has 2 aromatic rings. The number of pyridine rings is 1. The molecular formula is C20H31N9O. The van der Waals surface area contributed by atoms with Crippen molar-refractivity contribution in [2.75, 3.05) is 18.9 Å². The van der Waals surface area contributed by atoms with E-state index >= 15 is 0 Å². The van der Waals surface area contributed by atoms with Gasteiger partial charge >= 0.3 is 0 Å². The van der Waals surface area contributed by atoms with Crippen molar-refractivity contribution in [2.45, 2.75) is 51.7 Å². The second-order valence-corrected chi connectivity index (χ2v) is 7.44. The second-order valence-electron chi connectivity index (χ2n) is 7.44. The maximum atomic E-state index is 6.40. The van der Waals surface area contributed by atoms with E-state index in [1.165, 1.54) is 29.1 Å². The highest BCUT2D eigenvalue weighted by molar-refractivity contribution is 5.64.